The van der Waals surface area contributed by atoms with Gasteiger partial charge in [0.05, 0.1) is 24.8 Å². The molecule has 1 aromatic heterocycles. The minimum absolute atomic E-state index is 0.148. The Bertz CT molecular complexity index is 782. The summed E-state index contributed by atoms with van der Waals surface area (Å²) >= 11 is 0. The molecule has 7 heteroatoms. The first-order valence-corrected chi connectivity index (χ1v) is 9.01. The Kier molecular flexibility index (Phi) is 5.10. The maximum Gasteiger partial charge on any atom is 0.287 e. The van der Waals surface area contributed by atoms with Gasteiger partial charge in [-0.05, 0) is 43.2 Å². The highest BCUT2D eigenvalue weighted by molar-refractivity contribution is 7.92. The molecule has 0 saturated heterocycles. The van der Waals surface area contributed by atoms with Crippen LogP contribution in [-0.2, 0) is 10.0 Å². The summed E-state index contributed by atoms with van der Waals surface area (Å²) in [7, 11) is -3.45. The quantitative estimate of drug-likeness (QED) is 0.876. The van der Waals surface area contributed by atoms with Gasteiger partial charge in [0.25, 0.3) is 5.91 Å². The van der Waals surface area contributed by atoms with Crippen molar-refractivity contribution in [2.45, 2.75) is 13.8 Å². The first kappa shape index (κ1) is 17.1. The number of nitrogens with one attached hydrogen (secondary N) is 1. The highest BCUT2D eigenvalue weighted by atomic mass is 32.2. The zero-order chi connectivity index (χ0) is 17.0. The second-order valence-electron chi connectivity index (χ2n) is 5.29. The van der Waals surface area contributed by atoms with Crippen molar-refractivity contribution in [2.75, 3.05) is 23.7 Å². The van der Waals surface area contributed by atoms with Crippen LogP contribution < -0.4 is 9.62 Å². The first-order valence-electron chi connectivity index (χ1n) is 7.16. The summed E-state index contributed by atoms with van der Waals surface area (Å²) in [6.45, 7) is 4.14. The Morgan fingerprint density at radius 2 is 1.96 bits per heavy atom. The van der Waals surface area contributed by atoms with Gasteiger partial charge in [-0.15, -0.1) is 0 Å². The lowest BCUT2D eigenvalue weighted by atomic mass is 10.1. The summed E-state index contributed by atoms with van der Waals surface area (Å²) in [6.07, 6.45) is 2.57. The molecule has 0 spiro atoms. The Hall–Kier alpha value is -2.28. The Morgan fingerprint density at radius 1 is 1.22 bits per heavy atom. The number of carbonyl (C=O) groups is 1. The number of rotatable bonds is 6. The predicted octanol–water partition coefficient (Wildman–Crippen LogP) is 2.09. The molecule has 124 valence electrons. The smallest absolute Gasteiger partial charge is 0.287 e. The van der Waals surface area contributed by atoms with Gasteiger partial charge in [-0.25, -0.2) is 8.42 Å². The maximum atomic E-state index is 12.1. The minimum Gasteiger partial charge on any atom is -0.459 e. The van der Waals surface area contributed by atoms with Gasteiger partial charge in [-0.3, -0.25) is 9.10 Å². The van der Waals surface area contributed by atoms with E-state index in [2.05, 4.69) is 5.32 Å². The van der Waals surface area contributed by atoms with Crippen LogP contribution in [-0.4, -0.2) is 33.7 Å². The fraction of sp³-hybridized carbons (Fsp3) is 0.312. The molecule has 0 aliphatic rings. The summed E-state index contributed by atoms with van der Waals surface area (Å²) in [6, 6.07) is 8.68. The third-order valence-corrected chi connectivity index (χ3v) is 4.77. The van der Waals surface area contributed by atoms with Crippen molar-refractivity contribution in [1.82, 2.24) is 5.32 Å². The fourth-order valence-electron chi connectivity index (χ4n) is 2.24. The van der Waals surface area contributed by atoms with Crippen LogP contribution in [0.1, 0.15) is 21.7 Å². The number of amides is 1. The lowest BCUT2D eigenvalue weighted by Crippen LogP contribution is -2.38. The van der Waals surface area contributed by atoms with E-state index in [4.69, 9.17) is 4.42 Å². The van der Waals surface area contributed by atoms with Crippen molar-refractivity contribution in [3.8, 4) is 0 Å². The zero-order valence-corrected chi connectivity index (χ0v) is 14.2. The summed E-state index contributed by atoms with van der Waals surface area (Å²) in [5.41, 5.74) is 2.53. The Balaban J connectivity index is 2.12. The van der Waals surface area contributed by atoms with Crippen LogP contribution in [0.5, 0.6) is 0 Å². The summed E-state index contributed by atoms with van der Waals surface area (Å²) in [4.78, 5) is 11.8. The molecular formula is C16H20N2O4S. The molecule has 1 N–H and O–H groups in total. The number of nitrogens with zero attached hydrogens (tertiary/aromatic N) is 1. The van der Waals surface area contributed by atoms with Crippen LogP contribution in [0, 0.1) is 13.8 Å². The molecule has 0 atom stereocenters. The van der Waals surface area contributed by atoms with Crippen molar-refractivity contribution in [1.29, 1.82) is 0 Å². The van der Waals surface area contributed by atoms with E-state index in [1.807, 2.05) is 26.0 Å². The van der Waals surface area contributed by atoms with Gasteiger partial charge in [-0.2, -0.15) is 0 Å². The molecule has 23 heavy (non-hydrogen) atoms. The minimum atomic E-state index is -3.45. The van der Waals surface area contributed by atoms with Crippen LogP contribution >= 0.6 is 0 Å². The molecule has 0 aliphatic heterocycles. The van der Waals surface area contributed by atoms with Crippen LogP contribution in [0.2, 0.25) is 0 Å². The topological polar surface area (TPSA) is 79.6 Å². The molecule has 0 aliphatic carbocycles. The van der Waals surface area contributed by atoms with E-state index in [1.54, 1.807) is 18.2 Å². The van der Waals surface area contributed by atoms with Gasteiger partial charge in [0.2, 0.25) is 10.0 Å². The van der Waals surface area contributed by atoms with Crippen molar-refractivity contribution in [2.24, 2.45) is 0 Å². The lowest BCUT2D eigenvalue weighted by molar-refractivity contribution is 0.0927. The van der Waals surface area contributed by atoms with Gasteiger partial charge in [0.1, 0.15) is 0 Å². The molecular weight excluding hydrogens is 316 g/mol. The number of carbonyl (C=O) groups excluding carboxylic acids is 1. The maximum absolute atomic E-state index is 12.1. The van der Waals surface area contributed by atoms with Gasteiger partial charge in [0.15, 0.2) is 5.76 Å². The first-order chi connectivity index (χ1) is 10.8. The van der Waals surface area contributed by atoms with E-state index < -0.39 is 10.0 Å². The van der Waals surface area contributed by atoms with Gasteiger partial charge in [-0.1, -0.05) is 12.1 Å². The van der Waals surface area contributed by atoms with Gasteiger partial charge < -0.3 is 9.73 Å². The highest BCUT2D eigenvalue weighted by Crippen LogP contribution is 2.24. The lowest BCUT2D eigenvalue weighted by Gasteiger charge is -2.25. The average Bonchev–Trinajstić information content (AvgIpc) is 3.00. The van der Waals surface area contributed by atoms with Crippen molar-refractivity contribution in [3.63, 3.8) is 0 Å². The Morgan fingerprint density at radius 3 is 2.57 bits per heavy atom. The molecule has 1 heterocycles. The number of hydrogen-bond donors (Lipinski definition) is 1. The van der Waals surface area contributed by atoms with Crippen LogP contribution in [0.3, 0.4) is 0 Å². The molecule has 0 bridgehead atoms. The molecule has 0 unspecified atom stereocenters. The summed E-state index contributed by atoms with van der Waals surface area (Å²) in [5, 5.41) is 2.65. The molecule has 1 aromatic carbocycles. The average molecular weight is 336 g/mol. The molecule has 0 fully saturated rings. The van der Waals surface area contributed by atoms with Crippen LogP contribution in [0.15, 0.2) is 41.0 Å². The second-order valence-corrected chi connectivity index (χ2v) is 7.19. The second kappa shape index (κ2) is 6.87. The van der Waals surface area contributed by atoms with Gasteiger partial charge >= 0.3 is 0 Å². The molecule has 0 saturated carbocycles. The van der Waals surface area contributed by atoms with Crippen molar-refractivity contribution >= 4 is 21.6 Å². The fourth-order valence-corrected chi connectivity index (χ4v) is 3.21. The molecule has 0 radical (unpaired) electrons. The van der Waals surface area contributed by atoms with Crippen molar-refractivity contribution < 1.29 is 17.6 Å². The third-order valence-electron chi connectivity index (χ3n) is 3.59. The summed E-state index contributed by atoms with van der Waals surface area (Å²) < 4.78 is 30.5. The van der Waals surface area contributed by atoms with E-state index in [9.17, 15) is 13.2 Å². The van der Waals surface area contributed by atoms with E-state index in [0.717, 1.165) is 17.4 Å². The van der Waals surface area contributed by atoms with Crippen LogP contribution in [0.25, 0.3) is 0 Å². The summed E-state index contributed by atoms with van der Waals surface area (Å²) in [5.74, 6) is -0.174. The molecule has 1 amide bonds. The van der Waals surface area contributed by atoms with Crippen LogP contribution in [0.4, 0.5) is 5.69 Å². The predicted molar refractivity (Wildman–Crippen MR) is 89.1 cm³/mol. The highest BCUT2D eigenvalue weighted by Gasteiger charge is 2.20. The van der Waals surface area contributed by atoms with E-state index in [1.165, 1.54) is 10.6 Å². The largest absolute Gasteiger partial charge is 0.459 e. The molecule has 2 rings (SSSR count). The number of anilines is 1. The van der Waals surface area contributed by atoms with Crippen molar-refractivity contribution in [3.05, 3.63) is 53.5 Å². The Labute approximate surface area is 136 Å². The normalized spacial score (nSPS) is 11.3. The zero-order valence-electron chi connectivity index (χ0n) is 13.4. The molecule has 6 nitrogen and oxygen atoms in total. The van der Waals surface area contributed by atoms with E-state index in [0.29, 0.717) is 5.69 Å². The number of sulfonamides is 1. The number of furan rings is 1. The SMILES string of the molecule is Cc1cccc(N(CCNC(=O)c2ccco2)S(C)(=O)=O)c1C. The van der Waals surface area contributed by atoms with E-state index >= 15 is 0 Å². The molecule has 2 aromatic rings. The van der Waals surface area contributed by atoms with Gasteiger partial charge in [0, 0.05) is 6.54 Å². The number of benzene rings is 1. The monoisotopic (exact) mass is 336 g/mol. The third kappa shape index (κ3) is 4.13. The van der Waals surface area contributed by atoms with E-state index in [-0.39, 0.29) is 24.8 Å². The standard InChI is InChI=1S/C16H20N2O4S/c1-12-6-4-7-14(13(12)2)18(23(3,20)21)10-9-17-16(19)15-8-5-11-22-15/h4-8,11H,9-10H2,1-3H3,(H,17,19). The number of aryl methyl sites for hydroxylation is 1. The number of hydrogen-bond acceptors (Lipinski definition) is 4.